The van der Waals surface area contributed by atoms with Crippen molar-refractivity contribution in [3.05, 3.63) is 0 Å². The van der Waals surface area contributed by atoms with E-state index in [1.54, 1.807) is 0 Å². The highest BCUT2D eigenvalue weighted by Gasteiger charge is 2.19. The molecule has 19 heavy (non-hydrogen) atoms. The number of likely N-dealkylation sites (tertiary alicyclic amines) is 1. The van der Waals surface area contributed by atoms with Crippen molar-refractivity contribution >= 4 is 6.03 Å². The van der Waals surface area contributed by atoms with Gasteiger partial charge in [0, 0.05) is 19.6 Å². The van der Waals surface area contributed by atoms with Crippen LogP contribution in [-0.2, 0) is 0 Å². The summed E-state index contributed by atoms with van der Waals surface area (Å²) in [6.45, 7) is 9.53. The van der Waals surface area contributed by atoms with E-state index in [0.29, 0.717) is 0 Å². The Morgan fingerprint density at radius 2 is 1.79 bits per heavy atom. The van der Waals surface area contributed by atoms with Gasteiger partial charge in [-0.1, -0.05) is 46.5 Å². The van der Waals surface area contributed by atoms with Crippen molar-refractivity contribution in [3.8, 4) is 0 Å². The van der Waals surface area contributed by atoms with Crippen molar-refractivity contribution in [3.63, 3.8) is 0 Å². The van der Waals surface area contributed by atoms with Crippen LogP contribution in [0.15, 0.2) is 0 Å². The Morgan fingerprint density at radius 3 is 2.42 bits per heavy atom. The van der Waals surface area contributed by atoms with Gasteiger partial charge in [-0.2, -0.15) is 0 Å². The number of nitrogens with zero attached hydrogens (tertiary/aromatic N) is 1. The quantitative estimate of drug-likeness (QED) is 0.695. The van der Waals surface area contributed by atoms with E-state index in [0.717, 1.165) is 50.7 Å². The number of carbonyl (C=O) groups excluding carboxylic acids is 1. The lowest BCUT2D eigenvalue weighted by Crippen LogP contribution is -2.44. The van der Waals surface area contributed by atoms with Gasteiger partial charge in [-0.25, -0.2) is 4.79 Å². The number of rotatable bonds is 7. The van der Waals surface area contributed by atoms with Crippen molar-refractivity contribution in [2.45, 2.75) is 65.7 Å². The van der Waals surface area contributed by atoms with Crippen molar-refractivity contribution in [2.75, 3.05) is 19.6 Å². The first-order chi connectivity index (χ1) is 9.09. The molecule has 0 bridgehead atoms. The Hall–Kier alpha value is -0.730. The summed E-state index contributed by atoms with van der Waals surface area (Å²) in [7, 11) is 0. The van der Waals surface area contributed by atoms with Crippen LogP contribution in [0.25, 0.3) is 0 Å². The summed E-state index contributed by atoms with van der Waals surface area (Å²) in [6.07, 6.45) is 8.63. The molecular weight excluding hydrogens is 236 g/mol. The van der Waals surface area contributed by atoms with Gasteiger partial charge < -0.3 is 10.2 Å². The van der Waals surface area contributed by atoms with Crippen molar-refractivity contribution in [1.29, 1.82) is 0 Å². The molecule has 1 aliphatic rings. The maximum atomic E-state index is 11.9. The van der Waals surface area contributed by atoms with Crippen LogP contribution in [0.3, 0.4) is 0 Å². The Labute approximate surface area is 119 Å². The number of piperidine rings is 1. The number of nitrogens with one attached hydrogen (secondary N) is 1. The van der Waals surface area contributed by atoms with Gasteiger partial charge in [0.2, 0.25) is 0 Å². The summed E-state index contributed by atoms with van der Waals surface area (Å²) >= 11 is 0. The van der Waals surface area contributed by atoms with Gasteiger partial charge in [0.25, 0.3) is 0 Å². The average Bonchev–Trinajstić information content (AvgIpc) is 2.38. The fourth-order valence-electron chi connectivity index (χ4n) is 2.55. The van der Waals surface area contributed by atoms with Gasteiger partial charge in [0.05, 0.1) is 0 Å². The number of hydrogen-bond donors (Lipinski definition) is 1. The van der Waals surface area contributed by atoms with E-state index >= 15 is 0 Å². The Morgan fingerprint density at radius 1 is 1.16 bits per heavy atom. The topological polar surface area (TPSA) is 32.3 Å². The van der Waals surface area contributed by atoms with E-state index in [4.69, 9.17) is 0 Å². The maximum absolute atomic E-state index is 11.9. The highest BCUT2D eigenvalue weighted by molar-refractivity contribution is 5.74. The molecule has 1 aliphatic heterocycles. The van der Waals surface area contributed by atoms with Crippen LogP contribution < -0.4 is 5.32 Å². The van der Waals surface area contributed by atoms with E-state index in [1.807, 2.05) is 4.90 Å². The first-order valence-electron chi connectivity index (χ1n) is 8.12. The molecule has 0 aromatic heterocycles. The molecule has 0 aliphatic carbocycles. The molecule has 2 amide bonds. The SMILES string of the molecule is CC(C)CCCCCCNC(=O)N1CCC(C)CC1. The summed E-state index contributed by atoms with van der Waals surface area (Å²) in [5.74, 6) is 1.60. The third-order valence-corrected chi connectivity index (χ3v) is 4.06. The molecule has 0 spiro atoms. The van der Waals surface area contributed by atoms with E-state index in [1.165, 1.54) is 25.7 Å². The minimum absolute atomic E-state index is 0.147. The number of urea groups is 1. The summed E-state index contributed by atoms with van der Waals surface area (Å²) < 4.78 is 0. The molecule has 0 aromatic rings. The molecule has 0 aromatic carbocycles. The zero-order valence-electron chi connectivity index (χ0n) is 13.1. The molecule has 1 heterocycles. The van der Waals surface area contributed by atoms with Crippen LogP contribution in [0.4, 0.5) is 4.79 Å². The van der Waals surface area contributed by atoms with Crippen LogP contribution in [0, 0.1) is 11.8 Å². The zero-order chi connectivity index (χ0) is 14.1. The Balaban J connectivity index is 1.95. The highest BCUT2D eigenvalue weighted by Crippen LogP contribution is 2.15. The number of carbonyl (C=O) groups is 1. The number of amides is 2. The summed E-state index contributed by atoms with van der Waals surface area (Å²) in [5.41, 5.74) is 0. The van der Waals surface area contributed by atoms with Gasteiger partial charge >= 0.3 is 6.03 Å². The second-order valence-corrected chi connectivity index (χ2v) is 6.50. The van der Waals surface area contributed by atoms with Gasteiger partial charge in [-0.15, -0.1) is 0 Å². The molecule has 1 fully saturated rings. The lowest BCUT2D eigenvalue weighted by molar-refractivity contribution is 0.174. The lowest BCUT2D eigenvalue weighted by atomic mass is 10.00. The van der Waals surface area contributed by atoms with E-state index in [-0.39, 0.29) is 6.03 Å². The molecule has 0 atom stereocenters. The second kappa shape index (κ2) is 9.22. The van der Waals surface area contributed by atoms with Crippen molar-refractivity contribution in [1.82, 2.24) is 10.2 Å². The van der Waals surface area contributed by atoms with Gasteiger partial charge in [-0.05, 0) is 31.1 Å². The second-order valence-electron chi connectivity index (χ2n) is 6.50. The highest BCUT2D eigenvalue weighted by atomic mass is 16.2. The molecule has 112 valence electrons. The summed E-state index contributed by atoms with van der Waals surface area (Å²) in [5, 5.41) is 3.05. The van der Waals surface area contributed by atoms with Crippen LogP contribution in [-0.4, -0.2) is 30.6 Å². The maximum Gasteiger partial charge on any atom is 0.317 e. The van der Waals surface area contributed by atoms with Crippen LogP contribution >= 0.6 is 0 Å². The minimum atomic E-state index is 0.147. The zero-order valence-corrected chi connectivity index (χ0v) is 13.1. The smallest absolute Gasteiger partial charge is 0.317 e. The van der Waals surface area contributed by atoms with E-state index < -0.39 is 0 Å². The standard InChI is InChI=1S/C16H32N2O/c1-14(2)8-6-4-5-7-11-17-16(19)18-12-9-15(3)10-13-18/h14-15H,4-13H2,1-3H3,(H,17,19). The van der Waals surface area contributed by atoms with Gasteiger partial charge in [0.1, 0.15) is 0 Å². The molecule has 3 heteroatoms. The average molecular weight is 268 g/mol. The van der Waals surface area contributed by atoms with Crippen molar-refractivity contribution < 1.29 is 4.79 Å². The van der Waals surface area contributed by atoms with E-state index in [2.05, 4.69) is 26.1 Å². The predicted molar refractivity (Wildman–Crippen MR) is 81.3 cm³/mol. The van der Waals surface area contributed by atoms with Gasteiger partial charge in [0.15, 0.2) is 0 Å². The van der Waals surface area contributed by atoms with Crippen LogP contribution in [0.5, 0.6) is 0 Å². The molecule has 1 N–H and O–H groups in total. The summed E-state index contributed by atoms with van der Waals surface area (Å²) in [4.78, 5) is 13.9. The Bertz CT molecular complexity index is 245. The third-order valence-electron chi connectivity index (χ3n) is 4.06. The molecule has 1 rings (SSSR count). The van der Waals surface area contributed by atoms with Gasteiger partial charge in [-0.3, -0.25) is 0 Å². The third kappa shape index (κ3) is 7.44. The first-order valence-corrected chi connectivity index (χ1v) is 8.12. The molecule has 0 unspecified atom stereocenters. The summed E-state index contributed by atoms with van der Waals surface area (Å²) in [6, 6.07) is 0.147. The number of hydrogen-bond acceptors (Lipinski definition) is 1. The molecule has 0 radical (unpaired) electrons. The fourth-order valence-corrected chi connectivity index (χ4v) is 2.55. The minimum Gasteiger partial charge on any atom is -0.338 e. The first kappa shape index (κ1) is 16.3. The lowest BCUT2D eigenvalue weighted by Gasteiger charge is -2.30. The monoisotopic (exact) mass is 268 g/mol. The van der Waals surface area contributed by atoms with E-state index in [9.17, 15) is 4.79 Å². The molecule has 0 saturated carbocycles. The predicted octanol–water partition coefficient (Wildman–Crippen LogP) is 4.03. The van der Waals surface area contributed by atoms with Crippen molar-refractivity contribution in [2.24, 2.45) is 11.8 Å². The van der Waals surface area contributed by atoms with Crippen LogP contribution in [0.1, 0.15) is 65.7 Å². The molecular formula is C16H32N2O. The number of unbranched alkanes of at least 4 members (excludes halogenated alkanes) is 3. The van der Waals surface area contributed by atoms with Crippen LogP contribution in [0.2, 0.25) is 0 Å². The normalized spacial score (nSPS) is 16.9. The molecule has 1 saturated heterocycles. The largest absolute Gasteiger partial charge is 0.338 e. The Kier molecular flexibility index (Phi) is 7.92. The fraction of sp³-hybridized carbons (Fsp3) is 0.938. The molecule has 3 nitrogen and oxygen atoms in total.